The molecule has 10 aromatic rings. The molecule has 0 fully saturated rings. The molecule has 44 heavy (non-hydrogen) atoms. The van der Waals surface area contributed by atoms with Gasteiger partial charge in [-0.3, -0.25) is 0 Å². The molecular formula is C39H20N4O+2. The fourth-order valence-electron chi connectivity index (χ4n) is 9.42. The highest BCUT2D eigenvalue weighted by Gasteiger charge is 2.69. The van der Waals surface area contributed by atoms with Gasteiger partial charge in [0, 0.05) is 51.5 Å². The molecule has 4 aromatic carbocycles. The maximum atomic E-state index is 6.92. The van der Waals surface area contributed by atoms with E-state index in [4.69, 9.17) is 4.74 Å². The zero-order valence-electron chi connectivity index (χ0n) is 23.2. The summed E-state index contributed by atoms with van der Waals surface area (Å²) in [5, 5.41) is 10.1. The fraction of sp³-hybridized carbons (Fsp3) is 0.0256. The van der Waals surface area contributed by atoms with Crippen LogP contribution in [-0.4, -0.2) is 8.80 Å². The molecule has 0 saturated carbocycles. The minimum Gasteiger partial charge on any atom is -0.456 e. The van der Waals surface area contributed by atoms with Crippen LogP contribution in [0.5, 0.6) is 11.5 Å². The number of rotatable bonds is 0. The van der Waals surface area contributed by atoms with Crippen LogP contribution in [0.15, 0.2) is 122 Å². The average molecular weight is 561 g/mol. The Hall–Kier alpha value is -5.94. The van der Waals surface area contributed by atoms with Crippen LogP contribution in [0.1, 0.15) is 11.1 Å². The van der Waals surface area contributed by atoms with Crippen LogP contribution >= 0.6 is 0 Å². The molecule has 3 aliphatic heterocycles. The van der Waals surface area contributed by atoms with E-state index in [1.165, 1.54) is 87.3 Å². The van der Waals surface area contributed by atoms with Crippen molar-refractivity contribution >= 4 is 76.2 Å². The Morgan fingerprint density at radius 1 is 0.500 bits per heavy atom. The second-order valence-corrected chi connectivity index (χ2v) is 12.6. The van der Waals surface area contributed by atoms with Crippen molar-refractivity contribution in [2.75, 3.05) is 0 Å². The van der Waals surface area contributed by atoms with Crippen molar-refractivity contribution in [3.05, 3.63) is 133 Å². The van der Waals surface area contributed by atoms with Gasteiger partial charge in [-0.2, -0.15) is 0 Å². The summed E-state index contributed by atoms with van der Waals surface area (Å²) in [6.07, 6.45) is 9.18. The molecule has 3 aliphatic rings. The van der Waals surface area contributed by atoms with Crippen LogP contribution in [0.4, 0.5) is 0 Å². The monoisotopic (exact) mass is 560 g/mol. The third kappa shape index (κ3) is 1.87. The molecule has 0 bridgehead atoms. The van der Waals surface area contributed by atoms with Gasteiger partial charge in [-0.15, -0.1) is 9.13 Å². The lowest BCUT2D eigenvalue weighted by Gasteiger charge is -2.26. The summed E-state index contributed by atoms with van der Waals surface area (Å²) in [5.74, 6) is 1.86. The molecule has 1 unspecified atom stereocenters. The molecule has 1 atom stereocenters. The number of hydrogen-bond acceptors (Lipinski definition) is 1. The minimum atomic E-state index is -0.601. The number of pyridine rings is 4. The van der Waals surface area contributed by atoms with E-state index in [1.54, 1.807) is 0 Å². The Labute approximate surface area is 248 Å². The van der Waals surface area contributed by atoms with Gasteiger partial charge in [0.05, 0.1) is 32.7 Å². The quantitative estimate of drug-likeness (QED) is 0.138. The molecule has 5 nitrogen and oxygen atoms in total. The lowest BCUT2D eigenvalue weighted by atomic mass is 9.86. The molecule has 9 heterocycles. The Bertz CT molecular complexity index is 3090. The molecule has 6 aromatic heterocycles. The van der Waals surface area contributed by atoms with Gasteiger partial charge >= 0.3 is 5.66 Å². The summed E-state index contributed by atoms with van der Waals surface area (Å²) in [7, 11) is 0. The maximum Gasteiger partial charge on any atom is 0.425 e. The van der Waals surface area contributed by atoms with E-state index in [2.05, 4.69) is 140 Å². The molecule has 0 radical (unpaired) electrons. The van der Waals surface area contributed by atoms with E-state index < -0.39 is 5.66 Å². The van der Waals surface area contributed by atoms with Crippen molar-refractivity contribution in [3.8, 4) is 11.5 Å². The van der Waals surface area contributed by atoms with E-state index in [9.17, 15) is 0 Å². The van der Waals surface area contributed by atoms with E-state index in [0.29, 0.717) is 0 Å². The first-order valence-corrected chi connectivity index (χ1v) is 15.2. The zero-order chi connectivity index (χ0) is 28.1. The number of nitrogens with zero attached hydrogens (tertiary/aromatic N) is 4. The van der Waals surface area contributed by atoms with Crippen molar-refractivity contribution in [1.82, 2.24) is 8.80 Å². The van der Waals surface area contributed by atoms with Crippen molar-refractivity contribution in [2.45, 2.75) is 5.66 Å². The third-order valence-corrected chi connectivity index (χ3v) is 10.8. The first-order chi connectivity index (χ1) is 21.8. The number of fused-ring (bicyclic) bond motifs is 10. The topological polar surface area (TPSA) is 25.8 Å². The second kappa shape index (κ2) is 6.36. The van der Waals surface area contributed by atoms with E-state index in [0.717, 1.165) is 11.5 Å². The van der Waals surface area contributed by atoms with Crippen molar-refractivity contribution in [3.63, 3.8) is 0 Å². The number of hydrogen-bond donors (Lipinski definition) is 0. The van der Waals surface area contributed by atoms with Gasteiger partial charge < -0.3 is 13.5 Å². The zero-order valence-corrected chi connectivity index (χ0v) is 23.2. The number of ether oxygens (including phenoxy) is 1. The molecule has 0 aliphatic carbocycles. The minimum absolute atomic E-state index is 0.601. The Morgan fingerprint density at radius 3 is 1.91 bits per heavy atom. The van der Waals surface area contributed by atoms with Crippen molar-refractivity contribution < 1.29 is 13.9 Å². The smallest absolute Gasteiger partial charge is 0.425 e. The van der Waals surface area contributed by atoms with Gasteiger partial charge in [-0.05, 0) is 36.4 Å². The second-order valence-electron chi connectivity index (χ2n) is 12.6. The maximum absolute atomic E-state index is 6.92. The summed E-state index contributed by atoms with van der Waals surface area (Å²) in [4.78, 5) is 0. The van der Waals surface area contributed by atoms with Crippen molar-refractivity contribution in [2.24, 2.45) is 0 Å². The standard InChI is InChI=1S/C39H20N4O/c1-3-9-23-22(8-1)20-41-28-12-6-18-43-38(28)31-25(35(23)41)13-15-29-33(31)39(43)34-30(44-29)16-14-27-32(34)37-26(11-5-17-42(37)39)36-24-10-4-2-7-21(24)19-40(27)36/h1-20H/q+2. The lowest BCUT2D eigenvalue weighted by Crippen LogP contribution is -2.72. The molecule has 13 rings (SSSR count). The summed E-state index contributed by atoms with van der Waals surface area (Å²) in [6, 6.07) is 35.4. The molecule has 0 saturated heterocycles. The summed E-state index contributed by atoms with van der Waals surface area (Å²) >= 11 is 0. The molecule has 1 spiro atoms. The molecule has 0 amide bonds. The highest BCUT2D eigenvalue weighted by atomic mass is 16.5. The van der Waals surface area contributed by atoms with Gasteiger partial charge in [0.25, 0.3) is 0 Å². The highest BCUT2D eigenvalue weighted by molar-refractivity contribution is 6.22. The number of aromatic nitrogens is 4. The average Bonchev–Trinajstić information content (AvgIpc) is 3.81. The van der Waals surface area contributed by atoms with E-state index >= 15 is 0 Å². The molecule has 0 N–H and O–H groups in total. The highest BCUT2D eigenvalue weighted by Crippen LogP contribution is 2.58. The molecule has 200 valence electrons. The fourth-order valence-corrected chi connectivity index (χ4v) is 9.42. The summed E-state index contributed by atoms with van der Waals surface area (Å²) < 4.78 is 16.8. The van der Waals surface area contributed by atoms with Gasteiger partial charge in [-0.25, -0.2) is 0 Å². The Balaban J connectivity index is 1.34. The molecule has 5 heteroatoms. The predicted molar refractivity (Wildman–Crippen MR) is 172 cm³/mol. The largest absolute Gasteiger partial charge is 0.456 e. The van der Waals surface area contributed by atoms with Crippen LogP contribution in [-0.2, 0) is 5.66 Å². The van der Waals surface area contributed by atoms with Crippen LogP contribution in [0.3, 0.4) is 0 Å². The van der Waals surface area contributed by atoms with Crippen LogP contribution in [0.2, 0.25) is 0 Å². The normalized spacial score (nSPS) is 17.4. The van der Waals surface area contributed by atoms with Crippen LogP contribution in [0.25, 0.3) is 76.2 Å². The van der Waals surface area contributed by atoms with Crippen LogP contribution < -0.4 is 13.9 Å². The van der Waals surface area contributed by atoms with Crippen LogP contribution in [0, 0.1) is 0 Å². The number of benzene rings is 4. The van der Waals surface area contributed by atoms with Gasteiger partial charge in [0.2, 0.25) is 11.0 Å². The van der Waals surface area contributed by atoms with Crippen molar-refractivity contribution in [1.29, 1.82) is 0 Å². The summed E-state index contributed by atoms with van der Waals surface area (Å²) in [5.41, 5.74) is 9.30. The van der Waals surface area contributed by atoms with Gasteiger partial charge in [-0.1, -0.05) is 48.5 Å². The van der Waals surface area contributed by atoms with E-state index in [1.807, 2.05) is 0 Å². The lowest BCUT2D eigenvalue weighted by molar-refractivity contribution is -0.945. The summed E-state index contributed by atoms with van der Waals surface area (Å²) in [6.45, 7) is 0. The SMILES string of the molecule is c1ccc2c(c1)cn1c3ccc4c5c3c3c(ccc[n+]3C53c5c(ccc6c5c5c(ccc[n+]53)n3cc5ccccc5c63)O4)c21. The van der Waals surface area contributed by atoms with Gasteiger partial charge in [0.15, 0.2) is 23.5 Å². The van der Waals surface area contributed by atoms with Gasteiger partial charge in [0.1, 0.15) is 17.0 Å². The predicted octanol–water partition coefficient (Wildman–Crippen LogP) is 7.72. The first-order valence-electron chi connectivity index (χ1n) is 15.2. The molecular weight excluding hydrogens is 540 g/mol. The third-order valence-electron chi connectivity index (χ3n) is 10.8. The Kier molecular flexibility index (Phi) is 3.01. The first kappa shape index (κ1) is 20.9. The van der Waals surface area contributed by atoms with E-state index in [-0.39, 0.29) is 0 Å². The Morgan fingerprint density at radius 2 is 1.11 bits per heavy atom.